The summed E-state index contributed by atoms with van der Waals surface area (Å²) in [4.78, 5) is 13.1. The maximum atomic E-state index is 6.26. The van der Waals surface area contributed by atoms with Gasteiger partial charge in [0.25, 0.3) is 0 Å². The van der Waals surface area contributed by atoms with Crippen molar-refractivity contribution in [3.05, 3.63) is 103 Å². The highest BCUT2D eigenvalue weighted by Gasteiger charge is 2.09. The number of rotatable bonds is 3. The molecule has 0 saturated heterocycles. The van der Waals surface area contributed by atoms with E-state index in [4.69, 9.17) is 11.6 Å². The Morgan fingerprint density at radius 1 is 0.552 bits per heavy atom. The van der Waals surface area contributed by atoms with Crippen LogP contribution >= 0.6 is 11.6 Å². The Balaban J connectivity index is 1.53. The summed E-state index contributed by atoms with van der Waals surface area (Å²) in [5.74, 6) is 0. The average Bonchev–Trinajstić information content (AvgIpc) is 2.79. The summed E-state index contributed by atoms with van der Waals surface area (Å²) < 4.78 is 0. The fourth-order valence-electron chi connectivity index (χ4n) is 3.43. The highest BCUT2D eigenvalue weighted by molar-refractivity contribution is 6.28. The van der Waals surface area contributed by atoms with E-state index in [1.54, 1.807) is 6.20 Å². The first kappa shape index (κ1) is 17.5. The van der Waals surface area contributed by atoms with Crippen molar-refractivity contribution in [1.29, 1.82) is 0 Å². The molecule has 5 aromatic rings. The number of pyridine rings is 1. The fraction of sp³-hybridized carbons (Fsp3) is 0. The maximum absolute atomic E-state index is 6.26. The van der Waals surface area contributed by atoms with E-state index in [0.717, 1.165) is 33.6 Å². The first-order chi connectivity index (χ1) is 14.3. The van der Waals surface area contributed by atoms with E-state index in [1.165, 1.54) is 10.8 Å². The molecule has 3 aromatic carbocycles. The standard InChI is InChI=1S/C25H16ClN3/c26-25-28-23(19-10-7-18(8-11-19)22-6-3-13-27-16-22)15-24(29-25)21-12-9-17-4-1-2-5-20(17)14-21/h1-16H. The first-order valence-electron chi connectivity index (χ1n) is 9.31. The average molecular weight is 394 g/mol. The monoisotopic (exact) mass is 393 g/mol. The second kappa shape index (κ2) is 7.46. The van der Waals surface area contributed by atoms with Gasteiger partial charge in [-0.15, -0.1) is 0 Å². The lowest BCUT2D eigenvalue weighted by atomic mass is 10.0. The van der Waals surface area contributed by atoms with Crippen LogP contribution in [0, 0.1) is 0 Å². The van der Waals surface area contributed by atoms with Gasteiger partial charge >= 0.3 is 0 Å². The molecule has 138 valence electrons. The largest absolute Gasteiger partial charge is 0.264 e. The lowest BCUT2D eigenvalue weighted by Gasteiger charge is -2.08. The Labute approximate surface area is 173 Å². The van der Waals surface area contributed by atoms with E-state index < -0.39 is 0 Å². The van der Waals surface area contributed by atoms with Gasteiger partial charge in [-0.2, -0.15) is 0 Å². The minimum absolute atomic E-state index is 0.238. The zero-order valence-corrected chi connectivity index (χ0v) is 16.2. The Hall–Kier alpha value is -3.56. The van der Waals surface area contributed by atoms with E-state index in [0.29, 0.717) is 0 Å². The number of nitrogens with zero attached hydrogens (tertiary/aromatic N) is 3. The third kappa shape index (κ3) is 3.60. The number of hydrogen-bond acceptors (Lipinski definition) is 3. The van der Waals surface area contributed by atoms with Crippen molar-refractivity contribution in [3.8, 4) is 33.6 Å². The summed E-state index contributed by atoms with van der Waals surface area (Å²) in [6.45, 7) is 0. The maximum Gasteiger partial charge on any atom is 0.223 e. The minimum atomic E-state index is 0.238. The van der Waals surface area contributed by atoms with Crippen LogP contribution in [-0.2, 0) is 0 Å². The SMILES string of the molecule is Clc1nc(-c2ccc(-c3cccnc3)cc2)cc(-c2ccc3ccccc3c2)n1. The molecule has 0 amide bonds. The molecule has 0 aliphatic rings. The third-order valence-electron chi connectivity index (χ3n) is 4.92. The summed E-state index contributed by atoms with van der Waals surface area (Å²) >= 11 is 6.26. The van der Waals surface area contributed by atoms with Crippen molar-refractivity contribution in [2.75, 3.05) is 0 Å². The fourth-order valence-corrected chi connectivity index (χ4v) is 3.61. The number of benzene rings is 3. The van der Waals surface area contributed by atoms with Crippen molar-refractivity contribution >= 4 is 22.4 Å². The number of hydrogen-bond donors (Lipinski definition) is 0. The van der Waals surface area contributed by atoms with Gasteiger partial charge in [-0.1, -0.05) is 66.7 Å². The second-order valence-corrected chi connectivity index (χ2v) is 7.13. The molecule has 0 N–H and O–H groups in total. The van der Waals surface area contributed by atoms with Gasteiger partial charge in [0, 0.05) is 23.5 Å². The van der Waals surface area contributed by atoms with E-state index >= 15 is 0 Å². The highest BCUT2D eigenvalue weighted by atomic mass is 35.5. The quantitative estimate of drug-likeness (QED) is 0.321. The summed E-state index contributed by atoms with van der Waals surface area (Å²) in [5.41, 5.74) is 5.80. The third-order valence-corrected chi connectivity index (χ3v) is 5.09. The van der Waals surface area contributed by atoms with Crippen LogP contribution in [0.4, 0.5) is 0 Å². The Morgan fingerprint density at radius 3 is 2.00 bits per heavy atom. The first-order valence-corrected chi connectivity index (χ1v) is 9.69. The summed E-state index contributed by atoms with van der Waals surface area (Å²) in [7, 11) is 0. The lowest BCUT2D eigenvalue weighted by Crippen LogP contribution is -1.92. The molecule has 4 heteroatoms. The normalized spacial score (nSPS) is 10.9. The zero-order chi connectivity index (χ0) is 19.6. The molecule has 0 aliphatic heterocycles. The molecule has 0 unspecified atom stereocenters. The minimum Gasteiger partial charge on any atom is -0.264 e. The van der Waals surface area contributed by atoms with Gasteiger partial charge in [0.05, 0.1) is 11.4 Å². The zero-order valence-electron chi connectivity index (χ0n) is 15.5. The second-order valence-electron chi connectivity index (χ2n) is 6.79. The molecule has 0 bridgehead atoms. The number of aromatic nitrogens is 3. The van der Waals surface area contributed by atoms with E-state index in [2.05, 4.69) is 57.4 Å². The number of halogens is 1. The smallest absolute Gasteiger partial charge is 0.223 e. The predicted octanol–water partition coefficient (Wildman–Crippen LogP) is 6.68. The van der Waals surface area contributed by atoms with E-state index in [9.17, 15) is 0 Å². The highest BCUT2D eigenvalue weighted by Crippen LogP contribution is 2.29. The Morgan fingerprint density at radius 2 is 1.24 bits per heavy atom. The van der Waals surface area contributed by atoms with Gasteiger partial charge in [0.15, 0.2) is 0 Å². The molecule has 0 saturated carbocycles. The van der Waals surface area contributed by atoms with Gasteiger partial charge in [-0.3, -0.25) is 4.98 Å². The van der Waals surface area contributed by atoms with Gasteiger partial charge in [-0.05, 0) is 51.7 Å². The van der Waals surface area contributed by atoms with Crippen molar-refractivity contribution in [3.63, 3.8) is 0 Å². The van der Waals surface area contributed by atoms with Crippen LogP contribution in [0.2, 0.25) is 5.28 Å². The van der Waals surface area contributed by atoms with Crippen LogP contribution in [0.1, 0.15) is 0 Å². The van der Waals surface area contributed by atoms with Crippen molar-refractivity contribution in [2.24, 2.45) is 0 Å². The summed E-state index contributed by atoms with van der Waals surface area (Å²) in [6.07, 6.45) is 3.63. The van der Waals surface area contributed by atoms with E-state index in [1.807, 2.05) is 48.7 Å². The van der Waals surface area contributed by atoms with Crippen LogP contribution < -0.4 is 0 Å². The molecular formula is C25H16ClN3. The van der Waals surface area contributed by atoms with Crippen LogP contribution in [0.5, 0.6) is 0 Å². The molecule has 0 aliphatic carbocycles. The Bertz CT molecular complexity index is 1300. The van der Waals surface area contributed by atoms with Crippen LogP contribution in [0.15, 0.2) is 97.3 Å². The van der Waals surface area contributed by atoms with Crippen LogP contribution in [0.3, 0.4) is 0 Å². The lowest BCUT2D eigenvalue weighted by molar-refractivity contribution is 1.18. The summed E-state index contributed by atoms with van der Waals surface area (Å²) in [5, 5.41) is 2.60. The van der Waals surface area contributed by atoms with Crippen molar-refractivity contribution in [1.82, 2.24) is 15.0 Å². The molecule has 2 aromatic heterocycles. The molecule has 2 heterocycles. The van der Waals surface area contributed by atoms with Gasteiger partial charge in [0.2, 0.25) is 5.28 Å². The van der Waals surface area contributed by atoms with Crippen LogP contribution in [-0.4, -0.2) is 15.0 Å². The Kier molecular flexibility index (Phi) is 4.51. The molecule has 29 heavy (non-hydrogen) atoms. The van der Waals surface area contributed by atoms with Gasteiger partial charge in [-0.25, -0.2) is 9.97 Å². The summed E-state index contributed by atoms with van der Waals surface area (Å²) in [6, 6.07) is 28.8. The van der Waals surface area contributed by atoms with Crippen molar-refractivity contribution in [2.45, 2.75) is 0 Å². The van der Waals surface area contributed by atoms with Crippen molar-refractivity contribution < 1.29 is 0 Å². The molecule has 5 rings (SSSR count). The molecule has 0 fully saturated rings. The molecule has 0 atom stereocenters. The van der Waals surface area contributed by atoms with E-state index in [-0.39, 0.29) is 5.28 Å². The predicted molar refractivity (Wildman–Crippen MR) is 119 cm³/mol. The number of fused-ring (bicyclic) bond motifs is 1. The van der Waals surface area contributed by atoms with Gasteiger partial charge in [0.1, 0.15) is 0 Å². The molecular weight excluding hydrogens is 378 g/mol. The molecule has 3 nitrogen and oxygen atoms in total. The molecule has 0 spiro atoms. The van der Waals surface area contributed by atoms with Crippen LogP contribution in [0.25, 0.3) is 44.4 Å². The topological polar surface area (TPSA) is 38.7 Å². The van der Waals surface area contributed by atoms with Gasteiger partial charge < -0.3 is 0 Å². The molecule has 0 radical (unpaired) electrons.